The van der Waals surface area contributed by atoms with Gasteiger partial charge in [-0.2, -0.15) is 0 Å². The van der Waals surface area contributed by atoms with Crippen LogP contribution in [0.4, 0.5) is 15.9 Å². The van der Waals surface area contributed by atoms with Crippen LogP contribution in [0.2, 0.25) is 0 Å². The third-order valence-corrected chi connectivity index (χ3v) is 2.62. The number of amidine groups is 1. The van der Waals surface area contributed by atoms with Crippen molar-refractivity contribution in [2.75, 3.05) is 5.73 Å². The SMILES string of the molecule is Nc1cc(C(=Nc2ccc(F)c(Br)c2)NO)on1. The molecule has 0 radical (unpaired) electrons. The van der Waals surface area contributed by atoms with E-state index in [1.807, 2.05) is 5.48 Å². The molecule has 0 atom stereocenters. The van der Waals surface area contributed by atoms with Crippen LogP contribution in [0.15, 0.2) is 38.3 Å². The normalized spacial score (nSPS) is 11.6. The van der Waals surface area contributed by atoms with Crippen molar-refractivity contribution >= 4 is 33.3 Å². The third kappa shape index (κ3) is 2.66. The zero-order valence-electron chi connectivity index (χ0n) is 8.89. The highest BCUT2D eigenvalue weighted by Crippen LogP contribution is 2.22. The first-order valence-electron chi connectivity index (χ1n) is 4.76. The summed E-state index contributed by atoms with van der Waals surface area (Å²) in [6, 6.07) is 5.52. The van der Waals surface area contributed by atoms with Crippen LogP contribution in [0.5, 0.6) is 0 Å². The van der Waals surface area contributed by atoms with Crippen molar-refractivity contribution < 1.29 is 14.1 Å². The van der Waals surface area contributed by atoms with Gasteiger partial charge in [0.25, 0.3) is 0 Å². The summed E-state index contributed by atoms with van der Waals surface area (Å²) in [5.74, 6) is -0.0715. The quantitative estimate of drug-likeness (QED) is 0.448. The molecule has 0 saturated heterocycles. The Bertz CT molecular complexity index is 599. The van der Waals surface area contributed by atoms with Crippen LogP contribution in [0.1, 0.15) is 5.76 Å². The maximum Gasteiger partial charge on any atom is 0.206 e. The fourth-order valence-corrected chi connectivity index (χ4v) is 1.59. The average molecular weight is 315 g/mol. The molecule has 18 heavy (non-hydrogen) atoms. The first-order chi connectivity index (χ1) is 8.60. The number of hydroxylamine groups is 1. The molecule has 8 heteroatoms. The van der Waals surface area contributed by atoms with Crippen molar-refractivity contribution in [1.82, 2.24) is 10.6 Å². The lowest BCUT2D eigenvalue weighted by atomic mass is 10.3. The van der Waals surface area contributed by atoms with Gasteiger partial charge < -0.3 is 10.3 Å². The molecule has 0 unspecified atom stereocenters. The molecule has 6 nitrogen and oxygen atoms in total. The van der Waals surface area contributed by atoms with Gasteiger partial charge in [-0.15, -0.1) is 0 Å². The summed E-state index contributed by atoms with van der Waals surface area (Å²) in [6.07, 6.45) is 0. The van der Waals surface area contributed by atoms with Gasteiger partial charge in [0.2, 0.25) is 5.76 Å². The van der Waals surface area contributed by atoms with E-state index in [4.69, 9.17) is 15.5 Å². The van der Waals surface area contributed by atoms with E-state index in [9.17, 15) is 4.39 Å². The Morgan fingerprint density at radius 1 is 1.50 bits per heavy atom. The minimum absolute atomic E-state index is 0.0118. The van der Waals surface area contributed by atoms with Gasteiger partial charge in [0.15, 0.2) is 11.7 Å². The van der Waals surface area contributed by atoms with Crippen molar-refractivity contribution in [2.45, 2.75) is 0 Å². The Morgan fingerprint density at radius 2 is 2.28 bits per heavy atom. The smallest absolute Gasteiger partial charge is 0.206 e. The fraction of sp³-hybridized carbons (Fsp3) is 0. The Balaban J connectivity index is 2.37. The number of hydrogen-bond donors (Lipinski definition) is 3. The van der Waals surface area contributed by atoms with Crippen LogP contribution in [0.25, 0.3) is 0 Å². The number of nitrogens with one attached hydrogen (secondary N) is 1. The summed E-state index contributed by atoms with van der Waals surface area (Å²) in [6.45, 7) is 0. The molecule has 1 aromatic carbocycles. The highest BCUT2D eigenvalue weighted by atomic mass is 79.9. The molecule has 94 valence electrons. The van der Waals surface area contributed by atoms with E-state index in [1.165, 1.54) is 24.3 Å². The second-order valence-corrected chi connectivity index (χ2v) is 4.14. The number of halogens is 2. The third-order valence-electron chi connectivity index (χ3n) is 2.01. The van der Waals surface area contributed by atoms with E-state index in [0.29, 0.717) is 5.69 Å². The van der Waals surface area contributed by atoms with E-state index in [-0.39, 0.29) is 21.9 Å². The molecule has 0 aliphatic carbocycles. The molecule has 1 aromatic heterocycles. The summed E-state index contributed by atoms with van der Waals surface area (Å²) in [4.78, 5) is 4.03. The van der Waals surface area contributed by atoms with E-state index in [1.54, 1.807) is 0 Å². The number of benzene rings is 1. The summed E-state index contributed by atoms with van der Waals surface area (Å²) in [5, 5.41) is 12.4. The van der Waals surface area contributed by atoms with Gasteiger partial charge in [-0.1, -0.05) is 5.16 Å². The average Bonchev–Trinajstić information content (AvgIpc) is 2.77. The predicted octanol–water partition coefficient (Wildman–Crippen LogP) is 2.22. The standard InChI is InChI=1S/C10H8BrFN4O2/c11-6-3-5(1-2-7(6)12)14-10(15-17)8-4-9(13)16-18-8/h1-4,17H,(H2,13,16)(H,14,15). The molecule has 0 amide bonds. The number of nitrogens with two attached hydrogens (primary N) is 1. The van der Waals surface area contributed by atoms with Crippen LogP contribution in [0.3, 0.4) is 0 Å². The van der Waals surface area contributed by atoms with Gasteiger partial charge in [0.1, 0.15) is 5.82 Å². The zero-order valence-corrected chi connectivity index (χ0v) is 10.5. The molecule has 0 saturated carbocycles. The summed E-state index contributed by atoms with van der Waals surface area (Å²) >= 11 is 3.04. The number of aromatic nitrogens is 1. The fourth-order valence-electron chi connectivity index (χ4n) is 1.22. The molecule has 4 N–H and O–H groups in total. The highest BCUT2D eigenvalue weighted by Gasteiger charge is 2.10. The molecular weight excluding hydrogens is 307 g/mol. The van der Waals surface area contributed by atoms with Gasteiger partial charge in [-0.05, 0) is 34.1 Å². The predicted molar refractivity (Wildman–Crippen MR) is 66.1 cm³/mol. The zero-order chi connectivity index (χ0) is 13.1. The van der Waals surface area contributed by atoms with Crippen molar-refractivity contribution in [3.8, 4) is 0 Å². The monoisotopic (exact) mass is 314 g/mol. The maximum atomic E-state index is 13.0. The topological polar surface area (TPSA) is 96.7 Å². The van der Waals surface area contributed by atoms with Crippen LogP contribution >= 0.6 is 15.9 Å². The molecule has 2 aromatic rings. The molecule has 2 rings (SSSR count). The van der Waals surface area contributed by atoms with Gasteiger partial charge >= 0.3 is 0 Å². The second kappa shape index (κ2) is 5.15. The molecule has 1 heterocycles. The number of rotatable bonds is 2. The largest absolute Gasteiger partial charge is 0.381 e. The van der Waals surface area contributed by atoms with Gasteiger partial charge in [0, 0.05) is 6.07 Å². The Morgan fingerprint density at radius 3 is 2.83 bits per heavy atom. The first-order valence-corrected chi connectivity index (χ1v) is 5.56. The number of nitrogens with zero attached hydrogens (tertiary/aromatic N) is 2. The van der Waals surface area contributed by atoms with Crippen LogP contribution in [-0.2, 0) is 0 Å². The molecule has 0 bridgehead atoms. The van der Waals surface area contributed by atoms with E-state index in [0.717, 1.165) is 0 Å². The summed E-state index contributed by atoms with van der Waals surface area (Å²) < 4.78 is 18.1. The molecular formula is C10H8BrFN4O2. The second-order valence-electron chi connectivity index (χ2n) is 3.29. The Hall–Kier alpha value is -1.93. The summed E-state index contributed by atoms with van der Waals surface area (Å²) in [7, 11) is 0. The molecule has 0 spiro atoms. The summed E-state index contributed by atoms with van der Waals surface area (Å²) in [5.41, 5.74) is 7.66. The Kier molecular flexibility index (Phi) is 3.58. The molecule has 0 aliphatic rings. The minimum atomic E-state index is -0.406. The number of hydrogen-bond acceptors (Lipinski definition) is 5. The van der Waals surface area contributed by atoms with Crippen LogP contribution < -0.4 is 11.2 Å². The van der Waals surface area contributed by atoms with E-state index < -0.39 is 5.82 Å². The highest BCUT2D eigenvalue weighted by molar-refractivity contribution is 9.10. The number of nitrogen functional groups attached to an aromatic ring is 1. The number of aliphatic imine (C=N–C) groups is 1. The van der Waals surface area contributed by atoms with Crippen molar-refractivity contribution in [1.29, 1.82) is 0 Å². The van der Waals surface area contributed by atoms with Crippen molar-refractivity contribution in [3.05, 3.63) is 40.3 Å². The lowest BCUT2D eigenvalue weighted by Crippen LogP contribution is -2.19. The number of anilines is 1. The van der Waals surface area contributed by atoms with Crippen LogP contribution in [0, 0.1) is 5.82 Å². The maximum absolute atomic E-state index is 13.0. The van der Waals surface area contributed by atoms with Crippen LogP contribution in [-0.4, -0.2) is 16.2 Å². The lowest BCUT2D eigenvalue weighted by Gasteiger charge is -2.01. The minimum Gasteiger partial charge on any atom is -0.381 e. The molecule has 0 fully saturated rings. The molecule has 0 aliphatic heterocycles. The van der Waals surface area contributed by atoms with E-state index in [2.05, 4.69) is 26.1 Å². The van der Waals surface area contributed by atoms with Gasteiger partial charge in [0.05, 0.1) is 10.2 Å². The van der Waals surface area contributed by atoms with Gasteiger partial charge in [-0.25, -0.2) is 14.9 Å². The lowest BCUT2D eigenvalue weighted by molar-refractivity contribution is 0.231. The van der Waals surface area contributed by atoms with Crippen molar-refractivity contribution in [2.24, 2.45) is 4.99 Å². The Labute approximate surface area is 109 Å². The first kappa shape index (κ1) is 12.5. The van der Waals surface area contributed by atoms with Gasteiger partial charge in [-0.3, -0.25) is 5.21 Å². The van der Waals surface area contributed by atoms with Crippen molar-refractivity contribution in [3.63, 3.8) is 0 Å². The van der Waals surface area contributed by atoms with E-state index >= 15 is 0 Å².